The molecule has 2 aromatic carbocycles. The van der Waals surface area contributed by atoms with Crippen LogP contribution in [-0.4, -0.2) is 39.5 Å². The fraction of sp³-hybridized carbons (Fsp3) is 0.227. The van der Waals surface area contributed by atoms with Crippen molar-refractivity contribution in [1.29, 1.82) is 0 Å². The summed E-state index contributed by atoms with van der Waals surface area (Å²) in [6.45, 7) is 3.80. The number of nitrogens with one attached hydrogen (secondary N) is 1. The molecule has 0 radical (unpaired) electrons. The number of esters is 1. The lowest BCUT2D eigenvalue weighted by atomic mass is 10.2. The Morgan fingerprint density at radius 1 is 1.20 bits per heavy atom. The van der Waals surface area contributed by atoms with Crippen molar-refractivity contribution in [3.05, 3.63) is 58.9 Å². The highest BCUT2D eigenvalue weighted by molar-refractivity contribution is 8.00. The number of thioether (sulfide) groups is 1. The van der Waals surface area contributed by atoms with Gasteiger partial charge in [-0.25, -0.2) is 4.98 Å². The van der Waals surface area contributed by atoms with Gasteiger partial charge in [-0.2, -0.15) is 0 Å². The minimum atomic E-state index is -0.524. The van der Waals surface area contributed by atoms with Gasteiger partial charge in [0, 0.05) is 10.9 Å². The molecular formula is C22H21N3O4S. The first kappa shape index (κ1) is 20.0. The van der Waals surface area contributed by atoms with E-state index in [1.807, 2.05) is 24.3 Å². The predicted octanol–water partition coefficient (Wildman–Crippen LogP) is 3.92. The van der Waals surface area contributed by atoms with Crippen molar-refractivity contribution in [3.8, 4) is 11.4 Å². The molecule has 154 valence electrons. The third-order valence-corrected chi connectivity index (χ3v) is 5.76. The number of aromatic amines is 1. The molecule has 30 heavy (non-hydrogen) atoms. The summed E-state index contributed by atoms with van der Waals surface area (Å²) in [5.41, 5.74) is 2.23. The molecule has 2 heterocycles. The highest BCUT2D eigenvalue weighted by Crippen LogP contribution is 2.29. The van der Waals surface area contributed by atoms with Crippen molar-refractivity contribution in [2.45, 2.75) is 24.3 Å². The number of para-hydroxylation sites is 1. The lowest BCUT2D eigenvalue weighted by Gasteiger charge is -2.15. The lowest BCUT2D eigenvalue weighted by Crippen LogP contribution is -2.24. The van der Waals surface area contributed by atoms with E-state index in [0.717, 1.165) is 10.9 Å². The van der Waals surface area contributed by atoms with Gasteiger partial charge < -0.3 is 14.5 Å². The number of carbonyl (C=O) groups is 1. The van der Waals surface area contributed by atoms with Gasteiger partial charge in [0.1, 0.15) is 22.0 Å². The quantitative estimate of drug-likeness (QED) is 0.287. The summed E-state index contributed by atoms with van der Waals surface area (Å²) in [4.78, 5) is 33.7. The van der Waals surface area contributed by atoms with Crippen molar-refractivity contribution in [2.75, 3.05) is 13.7 Å². The van der Waals surface area contributed by atoms with Crippen LogP contribution in [0.5, 0.6) is 5.75 Å². The van der Waals surface area contributed by atoms with E-state index in [4.69, 9.17) is 14.5 Å². The number of hydrogen-bond acceptors (Lipinski definition) is 6. The molecule has 1 N–H and O–H groups in total. The molecule has 0 amide bonds. The van der Waals surface area contributed by atoms with Crippen LogP contribution >= 0.6 is 11.8 Å². The Kier molecular flexibility index (Phi) is 5.50. The number of benzene rings is 2. The molecule has 4 rings (SSSR count). The van der Waals surface area contributed by atoms with Crippen LogP contribution in [-0.2, 0) is 9.53 Å². The molecule has 0 aliphatic carbocycles. The minimum Gasteiger partial charge on any atom is -0.497 e. The molecule has 2 aromatic heterocycles. The average Bonchev–Trinajstić information content (AvgIpc) is 3.13. The summed E-state index contributed by atoms with van der Waals surface area (Å²) >= 11 is 1.20. The van der Waals surface area contributed by atoms with Gasteiger partial charge in [-0.3, -0.25) is 14.2 Å². The van der Waals surface area contributed by atoms with Crippen LogP contribution in [0.4, 0.5) is 0 Å². The third-order valence-electron chi connectivity index (χ3n) is 4.73. The zero-order chi connectivity index (χ0) is 21.3. The number of carbonyl (C=O) groups excluding carboxylic acids is 1. The monoisotopic (exact) mass is 423 g/mol. The number of hydrogen-bond donors (Lipinski definition) is 1. The number of nitrogens with zero attached hydrogens (tertiary/aromatic N) is 2. The van der Waals surface area contributed by atoms with E-state index in [-0.39, 0.29) is 11.5 Å². The van der Waals surface area contributed by atoms with Crippen LogP contribution < -0.4 is 10.3 Å². The Labute approximate surface area is 177 Å². The Morgan fingerprint density at radius 3 is 2.63 bits per heavy atom. The van der Waals surface area contributed by atoms with Gasteiger partial charge >= 0.3 is 5.97 Å². The smallest absolute Gasteiger partial charge is 0.319 e. The van der Waals surface area contributed by atoms with E-state index in [9.17, 15) is 9.59 Å². The molecule has 0 saturated carbocycles. The number of fused-ring (bicyclic) bond motifs is 3. The summed E-state index contributed by atoms with van der Waals surface area (Å²) in [6, 6.07) is 14.8. The molecule has 0 bridgehead atoms. The van der Waals surface area contributed by atoms with Crippen LogP contribution in [0.2, 0.25) is 0 Å². The summed E-state index contributed by atoms with van der Waals surface area (Å²) < 4.78 is 11.9. The second-order valence-electron chi connectivity index (χ2n) is 6.64. The van der Waals surface area contributed by atoms with Gasteiger partial charge in [0.25, 0.3) is 5.56 Å². The average molecular weight is 423 g/mol. The van der Waals surface area contributed by atoms with Crippen LogP contribution in [0, 0.1) is 0 Å². The normalized spacial score (nSPS) is 12.2. The van der Waals surface area contributed by atoms with Crippen LogP contribution in [0.25, 0.3) is 27.6 Å². The first-order valence-electron chi connectivity index (χ1n) is 9.54. The second-order valence-corrected chi connectivity index (χ2v) is 7.95. The van der Waals surface area contributed by atoms with E-state index in [1.165, 1.54) is 16.3 Å². The molecule has 0 aliphatic rings. The molecule has 7 nitrogen and oxygen atoms in total. The molecule has 1 atom stereocenters. The maximum atomic E-state index is 13.5. The van der Waals surface area contributed by atoms with Gasteiger partial charge in [-0.05, 0) is 44.2 Å². The molecule has 0 saturated heterocycles. The third kappa shape index (κ3) is 3.54. The number of aromatic nitrogens is 3. The topological polar surface area (TPSA) is 86.2 Å². The summed E-state index contributed by atoms with van der Waals surface area (Å²) in [7, 11) is 1.58. The Morgan fingerprint density at radius 2 is 1.93 bits per heavy atom. The van der Waals surface area contributed by atoms with Crippen molar-refractivity contribution in [1.82, 2.24) is 14.5 Å². The molecule has 1 unspecified atom stereocenters. The standard InChI is InChI=1S/C22H21N3O4S/c1-4-29-21(27)13(2)30-22-24-18-16-7-5-6-8-17(16)23-19(18)20(26)25(22)14-9-11-15(28-3)12-10-14/h5-13,23H,4H2,1-3H3. The Bertz CT molecular complexity index is 1280. The first-order valence-corrected chi connectivity index (χ1v) is 10.4. The number of ether oxygens (including phenoxy) is 2. The summed E-state index contributed by atoms with van der Waals surface area (Å²) in [5.74, 6) is 0.331. The van der Waals surface area contributed by atoms with Crippen LogP contribution in [0.15, 0.2) is 58.5 Å². The maximum absolute atomic E-state index is 13.5. The number of H-pyrrole nitrogens is 1. The molecule has 8 heteroatoms. The first-order chi connectivity index (χ1) is 14.5. The molecule has 0 spiro atoms. The predicted molar refractivity (Wildman–Crippen MR) is 118 cm³/mol. The molecular weight excluding hydrogens is 402 g/mol. The van der Waals surface area contributed by atoms with Gasteiger partial charge in [0.05, 0.1) is 19.4 Å². The molecule has 4 aromatic rings. The van der Waals surface area contributed by atoms with Gasteiger partial charge in [-0.1, -0.05) is 30.0 Å². The Balaban J connectivity index is 1.94. The van der Waals surface area contributed by atoms with Crippen molar-refractivity contribution >= 4 is 39.7 Å². The largest absolute Gasteiger partial charge is 0.497 e. The second kappa shape index (κ2) is 8.23. The summed E-state index contributed by atoms with van der Waals surface area (Å²) in [6.07, 6.45) is 0. The van der Waals surface area contributed by atoms with E-state index >= 15 is 0 Å². The zero-order valence-corrected chi connectivity index (χ0v) is 17.7. The fourth-order valence-electron chi connectivity index (χ4n) is 3.25. The minimum absolute atomic E-state index is 0.236. The van der Waals surface area contributed by atoms with Gasteiger partial charge in [-0.15, -0.1) is 0 Å². The van der Waals surface area contributed by atoms with E-state index in [1.54, 1.807) is 45.2 Å². The number of methoxy groups -OCH3 is 1. The Hall–Kier alpha value is -3.26. The van der Waals surface area contributed by atoms with Crippen molar-refractivity contribution in [3.63, 3.8) is 0 Å². The number of rotatable bonds is 6. The van der Waals surface area contributed by atoms with E-state index < -0.39 is 5.25 Å². The highest BCUT2D eigenvalue weighted by Gasteiger charge is 2.22. The maximum Gasteiger partial charge on any atom is 0.319 e. The molecule has 0 fully saturated rings. The van der Waals surface area contributed by atoms with Crippen molar-refractivity contribution < 1.29 is 14.3 Å². The van der Waals surface area contributed by atoms with Crippen LogP contribution in [0.1, 0.15) is 13.8 Å². The van der Waals surface area contributed by atoms with Crippen LogP contribution in [0.3, 0.4) is 0 Å². The lowest BCUT2D eigenvalue weighted by molar-refractivity contribution is -0.142. The van der Waals surface area contributed by atoms with E-state index in [0.29, 0.717) is 34.2 Å². The van der Waals surface area contributed by atoms with E-state index in [2.05, 4.69) is 4.98 Å². The van der Waals surface area contributed by atoms with Gasteiger partial charge in [0.2, 0.25) is 0 Å². The zero-order valence-electron chi connectivity index (χ0n) is 16.8. The summed E-state index contributed by atoms with van der Waals surface area (Å²) in [5, 5.41) is 0.754. The van der Waals surface area contributed by atoms with Crippen molar-refractivity contribution in [2.24, 2.45) is 0 Å². The SMILES string of the molecule is CCOC(=O)C(C)Sc1nc2c([nH]c3ccccc32)c(=O)n1-c1ccc(OC)cc1. The van der Waals surface area contributed by atoms with Gasteiger partial charge in [0.15, 0.2) is 5.16 Å². The molecule has 0 aliphatic heterocycles. The fourth-order valence-corrected chi connectivity index (χ4v) is 4.16. The highest BCUT2D eigenvalue weighted by atomic mass is 32.2.